The Morgan fingerprint density at radius 1 is 1.30 bits per heavy atom. The van der Waals surface area contributed by atoms with Crippen LogP contribution in [0.5, 0.6) is 5.75 Å². The van der Waals surface area contributed by atoms with Crippen molar-refractivity contribution in [1.82, 2.24) is 0 Å². The largest absolute Gasteiger partial charge is 0.486 e. The molecule has 0 aromatic heterocycles. The molecule has 0 saturated carbocycles. The van der Waals surface area contributed by atoms with Crippen molar-refractivity contribution in [2.75, 3.05) is 5.73 Å². The molecule has 6 heteroatoms. The van der Waals surface area contributed by atoms with Gasteiger partial charge in [-0.2, -0.15) is 0 Å². The highest BCUT2D eigenvalue weighted by atomic mass is 19.1. The van der Waals surface area contributed by atoms with Crippen molar-refractivity contribution in [3.63, 3.8) is 0 Å². The normalized spacial score (nSPS) is 10.3. The molecule has 0 bridgehead atoms. The highest BCUT2D eigenvalue weighted by molar-refractivity contribution is 5.52. The lowest BCUT2D eigenvalue weighted by atomic mass is 10.1. The van der Waals surface area contributed by atoms with Crippen LogP contribution < -0.4 is 10.5 Å². The number of hydrogen-bond acceptors (Lipinski definition) is 4. The zero-order chi connectivity index (χ0) is 14.7. The van der Waals surface area contributed by atoms with Crippen LogP contribution in [0.15, 0.2) is 36.4 Å². The molecule has 0 fully saturated rings. The third kappa shape index (κ3) is 3.03. The number of ether oxygens (including phenoxy) is 1. The molecule has 0 spiro atoms. The van der Waals surface area contributed by atoms with Gasteiger partial charge in [0.05, 0.1) is 4.92 Å². The van der Waals surface area contributed by atoms with Crippen LogP contribution in [0.4, 0.5) is 15.8 Å². The first-order valence-corrected chi connectivity index (χ1v) is 5.89. The number of nitrogens with two attached hydrogens (primary N) is 1. The monoisotopic (exact) mass is 276 g/mol. The summed E-state index contributed by atoms with van der Waals surface area (Å²) in [6.07, 6.45) is 0. The molecule has 20 heavy (non-hydrogen) atoms. The van der Waals surface area contributed by atoms with Gasteiger partial charge in [-0.1, -0.05) is 6.07 Å². The lowest BCUT2D eigenvalue weighted by molar-refractivity contribution is -0.384. The number of nitrogens with zero attached hydrogens (tertiary/aromatic N) is 1. The Kier molecular flexibility index (Phi) is 3.84. The molecule has 2 N–H and O–H groups in total. The maximum atomic E-state index is 13.5. The molecule has 2 aromatic carbocycles. The number of nitrogen functional groups attached to an aromatic ring is 1. The Morgan fingerprint density at radius 3 is 2.75 bits per heavy atom. The van der Waals surface area contributed by atoms with E-state index >= 15 is 0 Å². The van der Waals surface area contributed by atoms with Crippen LogP contribution in [0.3, 0.4) is 0 Å². The minimum Gasteiger partial charge on any atom is -0.486 e. The summed E-state index contributed by atoms with van der Waals surface area (Å²) in [5, 5.41) is 10.7. The van der Waals surface area contributed by atoms with Gasteiger partial charge in [-0.15, -0.1) is 0 Å². The topological polar surface area (TPSA) is 78.4 Å². The molecule has 0 aliphatic heterocycles. The summed E-state index contributed by atoms with van der Waals surface area (Å²) >= 11 is 0. The average molecular weight is 276 g/mol. The molecule has 104 valence electrons. The number of anilines is 1. The summed E-state index contributed by atoms with van der Waals surface area (Å²) in [6.45, 7) is 1.78. The summed E-state index contributed by atoms with van der Waals surface area (Å²) in [4.78, 5) is 10.2. The zero-order valence-electron chi connectivity index (χ0n) is 10.8. The minimum atomic E-state index is -0.518. The van der Waals surface area contributed by atoms with Gasteiger partial charge in [-0.3, -0.25) is 10.1 Å². The molecule has 2 rings (SSSR count). The Bertz CT molecular complexity index is 659. The van der Waals surface area contributed by atoms with Gasteiger partial charge in [0.25, 0.3) is 5.69 Å². The Balaban J connectivity index is 2.20. The quantitative estimate of drug-likeness (QED) is 0.528. The number of rotatable bonds is 4. The van der Waals surface area contributed by atoms with Crippen LogP contribution in [0.2, 0.25) is 0 Å². The molecule has 0 heterocycles. The van der Waals surface area contributed by atoms with E-state index in [1.165, 1.54) is 24.3 Å². The highest BCUT2D eigenvalue weighted by Gasteiger charge is 2.11. The van der Waals surface area contributed by atoms with Crippen molar-refractivity contribution in [2.24, 2.45) is 0 Å². The molecule has 0 radical (unpaired) electrons. The maximum absolute atomic E-state index is 13.5. The maximum Gasteiger partial charge on any atom is 0.269 e. The van der Waals surface area contributed by atoms with Crippen molar-refractivity contribution in [1.29, 1.82) is 0 Å². The zero-order valence-corrected chi connectivity index (χ0v) is 10.8. The SMILES string of the molecule is Cc1ccc(F)c(OCc2cc([N+](=O)[O-])ccc2N)c1. The van der Waals surface area contributed by atoms with E-state index in [0.717, 1.165) is 5.56 Å². The second-order valence-corrected chi connectivity index (χ2v) is 4.36. The number of benzene rings is 2. The van der Waals surface area contributed by atoms with Crippen molar-refractivity contribution in [2.45, 2.75) is 13.5 Å². The van der Waals surface area contributed by atoms with Gasteiger partial charge in [-0.25, -0.2) is 4.39 Å². The number of nitro benzene ring substituents is 1. The van der Waals surface area contributed by atoms with Crippen LogP contribution in [0.25, 0.3) is 0 Å². The number of non-ortho nitro benzene ring substituents is 1. The third-order valence-corrected chi connectivity index (χ3v) is 2.81. The first-order chi connectivity index (χ1) is 9.47. The van der Waals surface area contributed by atoms with E-state index in [2.05, 4.69) is 0 Å². The molecule has 0 aliphatic rings. The minimum absolute atomic E-state index is 0.0338. The van der Waals surface area contributed by atoms with Gasteiger partial charge in [0.15, 0.2) is 11.6 Å². The number of hydrogen-bond donors (Lipinski definition) is 1. The van der Waals surface area contributed by atoms with E-state index in [-0.39, 0.29) is 18.0 Å². The van der Waals surface area contributed by atoms with Gasteiger partial charge >= 0.3 is 0 Å². The third-order valence-electron chi connectivity index (χ3n) is 2.81. The summed E-state index contributed by atoms with van der Waals surface area (Å²) in [7, 11) is 0. The van der Waals surface area contributed by atoms with Gasteiger partial charge in [0, 0.05) is 23.4 Å². The smallest absolute Gasteiger partial charge is 0.269 e. The van der Waals surface area contributed by atoms with E-state index in [0.29, 0.717) is 11.3 Å². The predicted molar refractivity (Wildman–Crippen MR) is 73.0 cm³/mol. The van der Waals surface area contributed by atoms with Crippen LogP contribution in [0.1, 0.15) is 11.1 Å². The van der Waals surface area contributed by atoms with Crippen molar-refractivity contribution in [3.8, 4) is 5.75 Å². The fourth-order valence-electron chi connectivity index (χ4n) is 1.71. The van der Waals surface area contributed by atoms with Gasteiger partial charge < -0.3 is 10.5 Å². The fraction of sp³-hybridized carbons (Fsp3) is 0.143. The second-order valence-electron chi connectivity index (χ2n) is 4.36. The summed E-state index contributed by atoms with van der Waals surface area (Å²) in [6, 6.07) is 8.56. The summed E-state index contributed by atoms with van der Waals surface area (Å²) in [5.41, 5.74) is 7.31. The van der Waals surface area contributed by atoms with E-state index in [9.17, 15) is 14.5 Å². The van der Waals surface area contributed by atoms with E-state index in [4.69, 9.17) is 10.5 Å². The molecular formula is C14H13FN2O3. The van der Waals surface area contributed by atoms with Crippen molar-refractivity contribution < 1.29 is 14.1 Å². The fourth-order valence-corrected chi connectivity index (χ4v) is 1.71. The Hall–Kier alpha value is -2.63. The van der Waals surface area contributed by atoms with Crippen molar-refractivity contribution >= 4 is 11.4 Å². The van der Waals surface area contributed by atoms with Crippen LogP contribution in [-0.2, 0) is 6.61 Å². The van der Waals surface area contributed by atoms with Gasteiger partial charge in [0.1, 0.15) is 6.61 Å². The number of aryl methyl sites for hydroxylation is 1. The predicted octanol–water partition coefficient (Wildman–Crippen LogP) is 3.20. The van der Waals surface area contributed by atoms with E-state index in [1.54, 1.807) is 12.1 Å². The highest BCUT2D eigenvalue weighted by Crippen LogP contribution is 2.23. The second kappa shape index (κ2) is 5.56. The Labute approximate surface area is 114 Å². The Morgan fingerprint density at radius 2 is 2.05 bits per heavy atom. The molecule has 0 aliphatic carbocycles. The number of nitro groups is 1. The van der Waals surface area contributed by atoms with Crippen LogP contribution in [-0.4, -0.2) is 4.92 Å². The van der Waals surface area contributed by atoms with Crippen LogP contribution >= 0.6 is 0 Å². The lowest BCUT2D eigenvalue weighted by Gasteiger charge is -2.10. The van der Waals surface area contributed by atoms with Gasteiger partial charge in [-0.05, 0) is 30.7 Å². The molecule has 0 saturated heterocycles. The standard InChI is InChI=1S/C14H13FN2O3/c1-9-2-4-12(15)14(6-9)20-8-10-7-11(17(18)19)3-5-13(10)16/h2-7H,8,16H2,1H3. The average Bonchev–Trinajstić information content (AvgIpc) is 2.41. The molecular weight excluding hydrogens is 263 g/mol. The van der Waals surface area contributed by atoms with Crippen molar-refractivity contribution in [3.05, 3.63) is 63.5 Å². The first-order valence-electron chi connectivity index (χ1n) is 5.89. The summed E-state index contributed by atoms with van der Waals surface area (Å²) in [5.74, 6) is -0.393. The lowest BCUT2D eigenvalue weighted by Crippen LogP contribution is -2.02. The number of halogens is 1. The van der Waals surface area contributed by atoms with E-state index < -0.39 is 10.7 Å². The molecule has 2 aromatic rings. The summed E-state index contributed by atoms with van der Waals surface area (Å²) < 4.78 is 18.9. The first kappa shape index (κ1) is 13.8. The molecule has 0 unspecified atom stereocenters. The van der Waals surface area contributed by atoms with E-state index in [1.807, 2.05) is 6.92 Å². The van der Waals surface area contributed by atoms with Gasteiger partial charge in [0.2, 0.25) is 0 Å². The van der Waals surface area contributed by atoms with Crippen LogP contribution in [0, 0.1) is 22.9 Å². The molecule has 5 nitrogen and oxygen atoms in total. The molecule has 0 amide bonds. The molecule has 0 atom stereocenters.